The predicted molar refractivity (Wildman–Crippen MR) is 82.4 cm³/mol. The van der Waals surface area contributed by atoms with Gasteiger partial charge in [0.1, 0.15) is 16.8 Å². The van der Waals surface area contributed by atoms with E-state index in [1.54, 1.807) is 44.4 Å². The molecule has 1 heterocycles. The van der Waals surface area contributed by atoms with Crippen LogP contribution in [0.25, 0.3) is 11.0 Å². The minimum Gasteiger partial charge on any atom is -0.496 e. The third kappa shape index (κ3) is 2.48. The maximum atomic E-state index is 12.5. The molecule has 0 aliphatic rings. The molecular formula is C14H14N4O3S. The van der Waals surface area contributed by atoms with Gasteiger partial charge in [0.05, 0.1) is 17.7 Å². The largest absolute Gasteiger partial charge is 0.496 e. The maximum Gasteiger partial charge on any atom is 0.261 e. The number of aryl methyl sites for hydroxylation is 1. The predicted octanol–water partition coefficient (Wildman–Crippen LogP) is 2.08. The Morgan fingerprint density at radius 3 is 2.73 bits per heavy atom. The molecule has 1 aromatic heterocycles. The molecule has 7 nitrogen and oxygen atoms in total. The van der Waals surface area contributed by atoms with Crippen LogP contribution in [-0.2, 0) is 10.0 Å². The number of hydrogen-bond donors (Lipinski definition) is 2. The number of aromatic nitrogens is 3. The molecule has 0 saturated heterocycles. The topological polar surface area (TPSA) is 97.0 Å². The van der Waals surface area contributed by atoms with Crippen molar-refractivity contribution in [3.8, 4) is 5.75 Å². The van der Waals surface area contributed by atoms with E-state index in [9.17, 15) is 8.42 Å². The summed E-state index contributed by atoms with van der Waals surface area (Å²) in [5, 5.41) is 10.4. The minimum absolute atomic E-state index is 0.159. The van der Waals surface area contributed by atoms with Crippen LogP contribution in [-0.4, -0.2) is 30.9 Å². The molecule has 0 aliphatic heterocycles. The number of aromatic amines is 1. The lowest BCUT2D eigenvalue weighted by atomic mass is 10.2. The van der Waals surface area contributed by atoms with E-state index in [1.807, 2.05) is 0 Å². The Bertz CT molecular complexity index is 934. The van der Waals surface area contributed by atoms with Crippen molar-refractivity contribution in [1.82, 2.24) is 15.4 Å². The van der Waals surface area contributed by atoms with Gasteiger partial charge in [0.25, 0.3) is 10.0 Å². The number of sulfonamides is 1. The number of ether oxygens (including phenoxy) is 1. The molecule has 0 radical (unpaired) electrons. The molecule has 114 valence electrons. The van der Waals surface area contributed by atoms with Gasteiger partial charge in [-0.1, -0.05) is 6.07 Å². The zero-order chi connectivity index (χ0) is 15.7. The number of benzene rings is 2. The Balaban J connectivity index is 2.00. The second-order valence-electron chi connectivity index (χ2n) is 4.73. The summed E-state index contributed by atoms with van der Waals surface area (Å²) in [6.45, 7) is 1.79. The van der Waals surface area contributed by atoms with Gasteiger partial charge in [0.15, 0.2) is 0 Å². The van der Waals surface area contributed by atoms with E-state index in [4.69, 9.17) is 4.74 Å². The van der Waals surface area contributed by atoms with E-state index in [1.165, 1.54) is 6.07 Å². The number of nitrogens with one attached hydrogen (secondary N) is 2. The molecule has 0 spiro atoms. The molecule has 2 aromatic carbocycles. The molecule has 22 heavy (non-hydrogen) atoms. The van der Waals surface area contributed by atoms with Crippen LogP contribution in [0.1, 0.15) is 5.56 Å². The first-order valence-corrected chi connectivity index (χ1v) is 7.96. The SMILES string of the molecule is COc1ccc(S(=O)(=O)Nc2cccc3n[nH]nc23)cc1C. The van der Waals surface area contributed by atoms with Crippen LogP contribution in [0, 0.1) is 6.92 Å². The highest BCUT2D eigenvalue weighted by Gasteiger charge is 2.17. The highest BCUT2D eigenvalue weighted by Crippen LogP contribution is 2.25. The van der Waals surface area contributed by atoms with Gasteiger partial charge in [-0.05, 0) is 42.8 Å². The summed E-state index contributed by atoms with van der Waals surface area (Å²) in [5.41, 5.74) is 2.17. The summed E-state index contributed by atoms with van der Waals surface area (Å²) in [6, 6.07) is 9.77. The first-order chi connectivity index (χ1) is 10.5. The summed E-state index contributed by atoms with van der Waals surface area (Å²) in [6.07, 6.45) is 0. The first kappa shape index (κ1) is 14.3. The molecule has 3 rings (SSSR count). The molecule has 0 unspecified atom stereocenters. The lowest BCUT2D eigenvalue weighted by Gasteiger charge is -2.10. The average Bonchev–Trinajstić information content (AvgIpc) is 2.96. The summed E-state index contributed by atoms with van der Waals surface area (Å²) in [7, 11) is -2.18. The third-order valence-corrected chi connectivity index (χ3v) is 4.63. The van der Waals surface area contributed by atoms with Gasteiger partial charge < -0.3 is 4.74 Å². The first-order valence-electron chi connectivity index (χ1n) is 6.48. The highest BCUT2D eigenvalue weighted by molar-refractivity contribution is 7.92. The Morgan fingerprint density at radius 2 is 2.00 bits per heavy atom. The summed E-state index contributed by atoms with van der Waals surface area (Å²) in [5.74, 6) is 0.637. The van der Waals surface area contributed by atoms with Crippen molar-refractivity contribution < 1.29 is 13.2 Å². The van der Waals surface area contributed by atoms with E-state index in [0.29, 0.717) is 22.5 Å². The van der Waals surface area contributed by atoms with Crippen molar-refractivity contribution in [3.05, 3.63) is 42.0 Å². The molecule has 0 bridgehead atoms. The van der Waals surface area contributed by atoms with Gasteiger partial charge >= 0.3 is 0 Å². The Hall–Kier alpha value is -2.61. The molecule has 0 amide bonds. The van der Waals surface area contributed by atoms with E-state index in [0.717, 1.165) is 5.56 Å². The number of H-pyrrole nitrogens is 1. The Morgan fingerprint density at radius 1 is 1.18 bits per heavy atom. The van der Waals surface area contributed by atoms with Gasteiger partial charge in [-0.25, -0.2) is 8.42 Å². The van der Waals surface area contributed by atoms with Gasteiger partial charge in [0, 0.05) is 0 Å². The van der Waals surface area contributed by atoms with Crippen LogP contribution in [0.15, 0.2) is 41.3 Å². The monoisotopic (exact) mass is 318 g/mol. The fourth-order valence-corrected chi connectivity index (χ4v) is 3.32. The number of rotatable bonds is 4. The van der Waals surface area contributed by atoms with Crippen LogP contribution in [0.4, 0.5) is 5.69 Å². The average molecular weight is 318 g/mol. The van der Waals surface area contributed by atoms with Crippen molar-refractivity contribution in [1.29, 1.82) is 0 Å². The molecule has 0 saturated carbocycles. The zero-order valence-corrected chi connectivity index (χ0v) is 12.8. The van der Waals surface area contributed by atoms with Gasteiger partial charge in [-0.2, -0.15) is 15.4 Å². The van der Waals surface area contributed by atoms with Gasteiger partial charge in [0.2, 0.25) is 0 Å². The van der Waals surface area contributed by atoms with Gasteiger partial charge in [-0.15, -0.1) is 0 Å². The quantitative estimate of drug-likeness (QED) is 0.767. The van der Waals surface area contributed by atoms with Crippen molar-refractivity contribution in [3.63, 3.8) is 0 Å². The third-order valence-electron chi connectivity index (χ3n) is 3.27. The lowest BCUT2D eigenvalue weighted by Crippen LogP contribution is -2.13. The molecule has 0 aliphatic carbocycles. The highest BCUT2D eigenvalue weighted by atomic mass is 32.2. The number of methoxy groups -OCH3 is 1. The fraction of sp³-hybridized carbons (Fsp3) is 0.143. The van der Waals surface area contributed by atoms with E-state index in [2.05, 4.69) is 20.1 Å². The van der Waals surface area contributed by atoms with Crippen LogP contribution >= 0.6 is 0 Å². The number of fused-ring (bicyclic) bond motifs is 1. The van der Waals surface area contributed by atoms with Crippen molar-refractivity contribution in [2.75, 3.05) is 11.8 Å². The smallest absolute Gasteiger partial charge is 0.261 e. The fourth-order valence-electron chi connectivity index (χ4n) is 2.17. The summed E-state index contributed by atoms with van der Waals surface area (Å²) >= 11 is 0. The van der Waals surface area contributed by atoms with E-state index >= 15 is 0 Å². The van der Waals surface area contributed by atoms with Crippen LogP contribution in [0.2, 0.25) is 0 Å². The molecule has 8 heteroatoms. The number of anilines is 1. The normalized spacial score (nSPS) is 11.5. The van der Waals surface area contributed by atoms with Crippen molar-refractivity contribution in [2.24, 2.45) is 0 Å². The van der Waals surface area contributed by atoms with E-state index in [-0.39, 0.29) is 4.90 Å². The summed E-state index contributed by atoms with van der Waals surface area (Å²) < 4.78 is 32.7. The lowest BCUT2D eigenvalue weighted by molar-refractivity contribution is 0.411. The molecular weight excluding hydrogens is 304 g/mol. The van der Waals surface area contributed by atoms with Crippen molar-refractivity contribution >= 4 is 26.7 Å². The number of nitrogens with zero attached hydrogens (tertiary/aromatic N) is 2. The van der Waals surface area contributed by atoms with E-state index < -0.39 is 10.0 Å². The molecule has 0 fully saturated rings. The molecule has 2 N–H and O–H groups in total. The number of hydrogen-bond acceptors (Lipinski definition) is 5. The second-order valence-corrected chi connectivity index (χ2v) is 6.42. The molecule has 0 atom stereocenters. The van der Waals surface area contributed by atoms with Crippen LogP contribution in [0.3, 0.4) is 0 Å². The van der Waals surface area contributed by atoms with Crippen LogP contribution < -0.4 is 9.46 Å². The second kappa shape index (κ2) is 5.30. The van der Waals surface area contributed by atoms with Gasteiger partial charge in [-0.3, -0.25) is 4.72 Å². The Labute approximate surface area is 127 Å². The van der Waals surface area contributed by atoms with Crippen LogP contribution in [0.5, 0.6) is 5.75 Å². The summed E-state index contributed by atoms with van der Waals surface area (Å²) in [4.78, 5) is 0.159. The number of para-hydroxylation sites is 1. The molecule has 3 aromatic rings. The zero-order valence-electron chi connectivity index (χ0n) is 12.0. The Kier molecular flexibility index (Phi) is 3.45. The van der Waals surface area contributed by atoms with Crippen molar-refractivity contribution in [2.45, 2.75) is 11.8 Å². The minimum atomic E-state index is -3.72. The maximum absolute atomic E-state index is 12.5. The standard InChI is InChI=1S/C14H14N4O3S/c1-9-8-10(6-7-13(9)21-2)22(19,20)17-12-5-3-4-11-14(12)16-18-15-11/h3-8,17H,1-2H3,(H,15,16,18).